The fourth-order valence-electron chi connectivity index (χ4n) is 6.08. The summed E-state index contributed by atoms with van der Waals surface area (Å²) < 4.78 is 0. The van der Waals surface area contributed by atoms with E-state index in [4.69, 9.17) is 15.0 Å². The monoisotopic (exact) mass is 613 g/mol. The van der Waals surface area contributed by atoms with E-state index >= 15 is 0 Å². The van der Waals surface area contributed by atoms with Crippen molar-refractivity contribution in [3.8, 4) is 78.7 Å². The number of rotatable bonds is 7. The molecule has 0 atom stereocenters. The fraction of sp³-hybridized carbons (Fsp3) is 0. The van der Waals surface area contributed by atoms with Crippen LogP contribution >= 0.6 is 0 Å². The van der Waals surface area contributed by atoms with Gasteiger partial charge in [-0.2, -0.15) is 0 Å². The largest absolute Gasteiger partial charge is 0.208 e. The van der Waals surface area contributed by atoms with Gasteiger partial charge in [0.05, 0.1) is 0 Å². The van der Waals surface area contributed by atoms with E-state index < -0.39 is 0 Å². The number of aromatic nitrogens is 3. The quantitative estimate of drug-likeness (QED) is 0.179. The molecule has 1 aromatic heterocycles. The number of benzene rings is 7. The second-order valence-electron chi connectivity index (χ2n) is 11.7. The highest BCUT2D eigenvalue weighted by molar-refractivity contribution is 5.88. The Kier molecular flexibility index (Phi) is 7.92. The Morgan fingerprint density at radius 1 is 0.208 bits per heavy atom. The first-order chi connectivity index (χ1) is 23.8. The minimum absolute atomic E-state index is 0.634. The van der Waals surface area contributed by atoms with Crippen LogP contribution in [-0.4, -0.2) is 15.0 Å². The Morgan fingerprint density at radius 3 is 1.17 bits per heavy atom. The van der Waals surface area contributed by atoms with Crippen molar-refractivity contribution < 1.29 is 0 Å². The zero-order chi connectivity index (χ0) is 32.1. The molecule has 0 aliphatic carbocycles. The highest BCUT2D eigenvalue weighted by Crippen LogP contribution is 2.37. The Morgan fingerprint density at radius 2 is 0.583 bits per heavy atom. The van der Waals surface area contributed by atoms with Gasteiger partial charge >= 0.3 is 0 Å². The van der Waals surface area contributed by atoms with E-state index in [1.165, 1.54) is 27.8 Å². The Balaban J connectivity index is 1.23. The maximum absolute atomic E-state index is 5.05. The molecular formula is C45H31N3. The van der Waals surface area contributed by atoms with Crippen molar-refractivity contribution in [2.75, 3.05) is 0 Å². The molecule has 48 heavy (non-hydrogen) atoms. The second-order valence-corrected chi connectivity index (χ2v) is 11.7. The minimum atomic E-state index is 0.634. The molecule has 0 fully saturated rings. The van der Waals surface area contributed by atoms with E-state index in [1.807, 2.05) is 36.4 Å². The summed E-state index contributed by atoms with van der Waals surface area (Å²) >= 11 is 0. The van der Waals surface area contributed by atoms with E-state index in [0.29, 0.717) is 17.5 Å². The maximum Gasteiger partial charge on any atom is 0.164 e. The zero-order valence-corrected chi connectivity index (χ0v) is 26.2. The van der Waals surface area contributed by atoms with Crippen molar-refractivity contribution in [2.45, 2.75) is 0 Å². The van der Waals surface area contributed by atoms with Crippen LogP contribution < -0.4 is 0 Å². The summed E-state index contributed by atoms with van der Waals surface area (Å²) in [4.78, 5) is 15.0. The van der Waals surface area contributed by atoms with Crippen molar-refractivity contribution in [1.82, 2.24) is 15.0 Å². The van der Waals surface area contributed by atoms with Gasteiger partial charge in [-0.3, -0.25) is 0 Å². The first-order valence-corrected chi connectivity index (χ1v) is 16.1. The van der Waals surface area contributed by atoms with Crippen LogP contribution in [0.15, 0.2) is 188 Å². The van der Waals surface area contributed by atoms with Gasteiger partial charge in [0.25, 0.3) is 0 Å². The third kappa shape index (κ3) is 6.05. The average molecular weight is 614 g/mol. The van der Waals surface area contributed by atoms with Crippen molar-refractivity contribution >= 4 is 0 Å². The summed E-state index contributed by atoms with van der Waals surface area (Å²) in [6.07, 6.45) is 0. The molecule has 3 heteroatoms. The summed E-state index contributed by atoms with van der Waals surface area (Å²) in [5, 5.41) is 0. The van der Waals surface area contributed by atoms with Crippen molar-refractivity contribution in [1.29, 1.82) is 0 Å². The summed E-state index contributed by atoms with van der Waals surface area (Å²) in [5.41, 5.74) is 12.1. The van der Waals surface area contributed by atoms with Gasteiger partial charge in [-0.25, -0.2) is 15.0 Å². The van der Waals surface area contributed by atoms with Crippen LogP contribution in [0.4, 0.5) is 0 Å². The molecule has 0 spiro atoms. The summed E-state index contributed by atoms with van der Waals surface area (Å²) in [6.45, 7) is 0. The van der Waals surface area contributed by atoms with E-state index in [9.17, 15) is 0 Å². The zero-order valence-electron chi connectivity index (χ0n) is 26.2. The number of nitrogens with zero attached hydrogens (tertiary/aromatic N) is 3. The predicted molar refractivity (Wildman–Crippen MR) is 198 cm³/mol. The van der Waals surface area contributed by atoms with Crippen molar-refractivity contribution in [2.24, 2.45) is 0 Å². The Labute approximate surface area is 280 Å². The first-order valence-electron chi connectivity index (χ1n) is 16.1. The average Bonchev–Trinajstić information content (AvgIpc) is 3.19. The summed E-state index contributed by atoms with van der Waals surface area (Å²) in [6, 6.07) is 65.3. The highest BCUT2D eigenvalue weighted by Gasteiger charge is 2.15. The van der Waals surface area contributed by atoms with Gasteiger partial charge in [-0.1, -0.05) is 176 Å². The predicted octanol–water partition coefficient (Wildman–Crippen LogP) is 11.5. The fourth-order valence-corrected chi connectivity index (χ4v) is 6.08. The first kappa shape index (κ1) is 29.0. The van der Waals surface area contributed by atoms with Crippen LogP contribution in [-0.2, 0) is 0 Å². The van der Waals surface area contributed by atoms with Gasteiger partial charge in [0.2, 0.25) is 0 Å². The van der Waals surface area contributed by atoms with Gasteiger partial charge in [0.1, 0.15) is 0 Å². The van der Waals surface area contributed by atoms with E-state index in [0.717, 1.165) is 33.4 Å². The molecular weight excluding hydrogens is 583 g/mol. The maximum atomic E-state index is 5.05. The van der Waals surface area contributed by atoms with Crippen molar-refractivity contribution in [3.63, 3.8) is 0 Å². The van der Waals surface area contributed by atoms with Crippen LogP contribution in [0.2, 0.25) is 0 Å². The lowest BCUT2D eigenvalue weighted by Crippen LogP contribution is -2.00. The molecule has 0 bridgehead atoms. The lowest BCUT2D eigenvalue weighted by molar-refractivity contribution is 1.07. The molecule has 0 amide bonds. The molecule has 0 radical (unpaired) electrons. The van der Waals surface area contributed by atoms with E-state index in [1.54, 1.807) is 0 Å². The van der Waals surface area contributed by atoms with E-state index in [-0.39, 0.29) is 0 Å². The smallest absolute Gasteiger partial charge is 0.164 e. The topological polar surface area (TPSA) is 38.7 Å². The summed E-state index contributed by atoms with van der Waals surface area (Å²) in [5.74, 6) is 1.92. The van der Waals surface area contributed by atoms with Gasteiger partial charge in [-0.05, 0) is 56.6 Å². The standard InChI is InChI=1S/C45H31N3/c1-5-14-32(15-6-1)34-24-26-37(27-25-34)44-46-43(36-20-11-4-12-21-36)47-45(48-44)40-23-13-22-39(30-40)41-29-28-38(33-16-7-2-8-17-33)31-42(41)35-18-9-3-10-19-35/h1-31H. The summed E-state index contributed by atoms with van der Waals surface area (Å²) in [7, 11) is 0. The molecule has 3 nitrogen and oxygen atoms in total. The normalized spacial score (nSPS) is 10.9. The molecule has 0 N–H and O–H groups in total. The number of hydrogen-bond acceptors (Lipinski definition) is 3. The van der Waals surface area contributed by atoms with Gasteiger partial charge in [0, 0.05) is 16.7 Å². The molecule has 0 aliphatic heterocycles. The number of hydrogen-bond donors (Lipinski definition) is 0. The molecule has 8 rings (SSSR count). The van der Waals surface area contributed by atoms with Crippen LogP contribution in [0, 0.1) is 0 Å². The molecule has 0 aliphatic rings. The van der Waals surface area contributed by atoms with E-state index in [2.05, 4.69) is 152 Å². The van der Waals surface area contributed by atoms with Crippen LogP contribution in [0.1, 0.15) is 0 Å². The lowest BCUT2D eigenvalue weighted by atomic mass is 9.90. The molecule has 1 heterocycles. The van der Waals surface area contributed by atoms with Gasteiger partial charge < -0.3 is 0 Å². The van der Waals surface area contributed by atoms with Crippen molar-refractivity contribution in [3.05, 3.63) is 188 Å². The van der Waals surface area contributed by atoms with Gasteiger partial charge in [0.15, 0.2) is 17.5 Å². The lowest BCUT2D eigenvalue weighted by Gasteiger charge is -2.14. The van der Waals surface area contributed by atoms with Crippen LogP contribution in [0.25, 0.3) is 78.7 Å². The Hall–Kier alpha value is -6.45. The minimum Gasteiger partial charge on any atom is -0.208 e. The second kappa shape index (κ2) is 13.1. The molecule has 0 saturated carbocycles. The Bertz CT molecular complexity index is 2300. The van der Waals surface area contributed by atoms with Crippen LogP contribution in [0.3, 0.4) is 0 Å². The molecule has 0 saturated heterocycles. The SMILES string of the molecule is c1ccc(-c2ccc(-c3nc(-c4ccccc4)nc(-c4cccc(-c5ccc(-c6ccccc6)cc5-c5ccccc5)c4)n3)cc2)cc1. The molecule has 7 aromatic carbocycles. The molecule has 0 unspecified atom stereocenters. The third-order valence-electron chi connectivity index (χ3n) is 8.56. The molecule has 226 valence electrons. The molecule has 8 aromatic rings. The van der Waals surface area contributed by atoms with Crippen LogP contribution in [0.5, 0.6) is 0 Å². The highest BCUT2D eigenvalue weighted by atomic mass is 15.0. The van der Waals surface area contributed by atoms with Gasteiger partial charge in [-0.15, -0.1) is 0 Å². The third-order valence-corrected chi connectivity index (χ3v) is 8.56.